The second-order valence-corrected chi connectivity index (χ2v) is 8.15. The van der Waals surface area contributed by atoms with Gasteiger partial charge in [-0.05, 0) is 57.9 Å². The molecule has 2 N–H and O–H groups in total. The number of anilines is 1. The largest absolute Gasteiger partial charge is 0.491 e. The molecule has 0 aliphatic rings. The number of ether oxygens (including phenoxy) is 3. The standard InChI is InChI=1S/C24H22BrClN2O6/c25-19-2-1-3-20(23(19)24(30)31)28-21(29)14-16-4-9-22(27-15-16)34-18-7-5-17(6-8-18)33-13-12-32-11-10-26/h1-9,15H,10-14H2,(H,28,29)(H,30,31). The Morgan fingerprint density at radius 3 is 2.44 bits per heavy atom. The molecule has 0 spiro atoms. The van der Waals surface area contributed by atoms with Crippen LogP contribution in [0.25, 0.3) is 0 Å². The van der Waals surface area contributed by atoms with Crippen molar-refractivity contribution < 1.29 is 28.9 Å². The van der Waals surface area contributed by atoms with E-state index >= 15 is 0 Å². The minimum absolute atomic E-state index is 0.00574. The maximum atomic E-state index is 12.4. The smallest absolute Gasteiger partial charge is 0.338 e. The van der Waals surface area contributed by atoms with E-state index in [1.165, 1.54) is 12.3 Å². The van der Waals surface area contributed by atoms with E-state index in [9.17, 15) is 14.7 Å². The SMILES string of the molecule is O=C(Cc1ccc(Oc2ccc(OCCOCCCl)cc2)nc1)Nc1cccc(Br)c1C(=O)O. The average Bonchev–Trinajstić information content (AvgIpc) is 2.81. The van der Waals surface area contributed by atoms with Gasteiger partial charge in [-0.1, -0.05) is 12.1 Å². The minimum Gasteiger partial charge on any atom is -0.491 e. The second kappa shape index (κ2) is 12.9. The van der Waals surface area contributed by atoms with Crippen LogP contribution in [0.1, 0.15) is 15.9 Å². The topological polar surface area (TPSA) is 107 Å². The van der Waals surface area contributed by atoms with Crippen LogP contribution in [0.15, 0.2) is 65.3 Å². The molecule has 1 amide bonds. The number of aromatic carboxylic acids is 1. The van der Waals surface area contributed by atoms with Crippen LogP contribution in [0, 0.1) is 0 Å². The van der Waals surface area contributed by atoms with Crippen LogP contribution < -0.4 is 14.8 Å². The zero-order valence-corrected chi connectivity index (χ0v) is 20.3. The number of halogens is 2. The number of amides is 1. The summed E-state index contributed by atoms with van der Waals surface area (Å²) < 4.78 is 16.9. The number of carboxylic acids is 1. The Labute approximate surface area is 209 Å². The molecule has 0 aliphatic heterocycles. The van der Waals surface area contributed by atoms with Gasteiger partial charge in [-0.25, -0.2) is 9.78 Å². The fraction of sp³-hybridized carbons (Fsp3) is 0.208. The highest BCUT2D eigenvalue weighted by atomic mass is 79.9. The Kier molecular flexibility index (Phi) is 9.69. The molecule has 3 rings (SSSR count). The van der Waals surface area contributed by atoms with Gasteiger partial charge in [0.25, 0.3) is 0 Å². The number of rotatable bonds is 12. The van der Waals surface area contributed by atoms with E-state index in [-0.39, 0.29) is 23.6 Å². The molecule has 0 aliphatic carbocycles. The second-order valence-electron chi connectivity index (χ2n) is 6.92. The highest BCUT2D eigenvalue weighted by molar-refractivity contribution is 9.10. The summed E-state index contributed by atoms with van der Waals surface area (Å²) in [5.41, 5.74) is 0.862. The highest BCUT2D eigenvalue weighted by Gasteiger charge is 2.16. The van der Waals surface area contributed by atoms with Crippen molar-refractivity contribution >= 4 is 45.1 Å². The van der Waals surface area contributed by atoms with Gasteiger partial charge in [-0.3, -0.25) is 4.79 Å². The molecule has 0 unspecified atom stereocenters. The van der Waals surface area contributed by atoms with Crippen molar-refractivity contribution in [2.75, 3.05) is 31.0 Å². The third-order valence-electron chi connectivity index (χ3n) is 4.43. The Morgan fingerprint density at radius 1 is 1.00 bits per heavy atom. The fourth-order valence-corrected chi connectivity index (χ4v) is 3.55. The van der Waals surface area contributed by atoms with Gasteiger partial charge in [0, 0.05) is 22.6 Å². The maximum Gasteiger partial charge on any atom is 0.338 e. The summed E-state index contributed by atoms with van der Waals surface area (Å²) in [6, 6.07) is 15.2. The summed E-state index contributed by atoms with van der Waals surface area (Å²) in [5.74, 6) is 0.592. The normalized spacial score (nSPS) is 10.5. The average molecular weight is 550 g/mol. The summed E-state index contributed by atoms with van der Waals surface area (Å²) in [7, 11) is 0. The monoisotopic (exact) mass is 548 g/mol. The summed E-state index contributed by atoms with van der Waals surface area (Å²) in [6.45, 7) is 1.38. The van der Waals surface area contributed by atoms with Crippen molar-refractivity contribution in [2.45, 2.75) is 6.42 Å². The predicted molar refractivity (Wildman–Crippen MR) is 131 cm³/mol. The number of nitrogens with one attached hydrogen (secondary N) is 1. The molecule has 0 saturated carbocycles. The van der Waals surface area contributed by atoms with Crippen LogP contribution in [0.4, 0.5) is 5.69 Å². The third-order valence-corrected chi connectivity index (χ3v) is 5.24. The molecule has 10 heteroatoms. The van der Waals surface area contributed by atoms with E-state index < -0.39 is 5.97 Å². The van der Waals surface area contributed by atoms with E-state index in [4.69, 9.17) is 25.8 Å². The van der Waals surface area contributed by atoms with E-state index in [0.717, 1.165) is 0 Å². The van der Waals surface area contributed by atoms with Gasteiger partial charge in [-0.2, -0.15) is 0 Å². The van der Waals surface area contributed by atoms with Gasteiger partial charge >= 0.3 is 5.97 Å². The predicted octanol–water partition coefficient (Wildman–Crippen LogP) is 5.15. The van der Waals surface area contributed by atoms with Crippen molar-refractivity contribution in [1.82, 2.24) is 4.98 Å². The lowest BCUT2D eigenvalue weighted by molar-refractivity contribution is -0.115. The number of alkyl halides is 1. The van der Waals surface area contributed by atoms with Crippen molar-refractivity contribution in [1.29, 1.82) is 0 Å². The van der Waals surface area contributed by atoms with Crippen LogP contribution in [0.5, 0.6) is 17.4 Å². The lowest BCUT2D eigenvalue weighted by Gasteiger charge is -2.10. The number of carboxylic acid groups (broad SMARTS) is 1. The van der Waals surface area contributed by atoms with Gasteiger partial charge in [0.15, 0.2) is 0 Å². The van der Waals surface area contributed by atoms with Crippen molar-refractivity contribution in [3.8, 4) is 17.4 Å². The Hall–Kier alpha value is -3.14. The Morgan fingerprint density at radius 2 is 1.76 bits per heavy atom. The molecule has 1 aromatic heterocycles. The molecule has 0 bridgehead atoms. The van der Waals surface area contributed by atoms with Gasteiger partial charge < -0.3 is 24.6 Å². The number of aromatic nitrogens is 1. The molecule has 34 heavy (non-hydrogen) atoms. The first-order chi connectivity index (χ1) is 16.5. The van der Waals surface area contributed by atoms with Gasteiger partial charge in [-0.15, -0.1) is 11.6 Å². The number of pyridine rings is 1. The summed E-state index contributed by atoms with van der Waals surface area (Å²) in [4.78, 5) is 28.1. The van der Waals surface area contributed by atoms with E-state index in [2.05, 4.69) is 26.2 Å². The summed E-state index contributed by atoms with van der Waals surface area (Å²) in [5, 5.41) is 12.0. The quantitative estimate of drug-likeness (QED) is 0.238. The molecular formula is C24H22BrClN2O6. The zero-order chi connectivity index (χ0) is 24.3. The van der Waals surface area contributed by atoms with Crippen molar-refractivity contribution in [3.05, 3.63) is 76.4 Å². The van der Waals surface area contributed by atoms with Gasteiger partial charge in [0.1, 0.15) is 18.1 Å². The number of hydrogen-bond donors (Lipinski definition) is 2. The highest BCUT2D eigenvalue weighted by Crippen LogP contribution is 2.25. The lowest BCUT2D eigenvalue weighted by atomic mass is 10.1. The van der Waals surface area contributed by atoms with Crippen LogP contribution in [0.3, 0.4) is 0 Å². The Balaban J connectivity index is 1.51. The van der Waals surface area contributed by atoms with Crippen LogP contribution in [-0.2, 0) is 16.0 Å². The number of nitrogens with zero attached hydrogens (tertiary/aromatic N) is 1. The van der Waals surface area contributed by atoms with Crippen LogP contribution in [0.2, 0.25) is 0 Å². The molecule has 2 aromatic carbocycles. The molecule has 178 valence electrons. The molecular weight excluding hydrogens is 528 g/mol. The van der Waals surface area contributed by atoms with Gasteiger partial charge in [0.05, 0.1) is 30.9 Å². The fourth-order valence-electron chi connectivity index (χ4n) is 2.90. The molecule has 0 radical (unpaired) electrons. The van der Waals surface area contributed by atoms with Crippen LogP contribution in [-0.4, -0.2) is 47.7 Å². The Bertz CT molecular complexity index is 1110. The molecule has 0 saturated heterocycles. The molecule has 0 fully saturated rings. The zero-order valence-electron chi connectivity index (χ0n) is 18.0. The maximum absolute atomic E-state index is 12.4. The molecule has 8 nitrogen and oxygen atoms in total. The minimum atomic E-state index is -1.14. The van der Waals surface area contributed by atoms with Gasteiger partial charge in [0.2, 0.25) is 11.8 Å². The first kappa shape index (κ1) is 25.5. The lowest BCUT2D eigenvalue weighted by Crippen LogP contribution is -2.17. The third kappa shape index (κ3) is 7.72. The van der Waals surface area contributed by atoms with Crippen LogP contribution >= 0.6 is 27.5 Å². The van der Waals surface area contributed by atoms with Crippen molar-refractivity contribution in [3.63, 3.8) is 0 Å². The first-order valence-electron chi connectivity index (χ1n) is 10.3. The van der Waals surface area contributed by atoms with E-state index in [0.29, 0.717) is 53.1 Å². The number of benzene rings is 2. The summed E-state index contributed by atoms with van der Waals surface area (Å²) >= 11 is 8.73. The first-order valence-corrected chi connectivity index (χ1v) is 11.6. The summed E-state index contributed by atoms with van der Waals surface area (Å²) in [6.07, 6.45) is 1.56. The molecule has 0 atom stereocenters. The van der Waals surface area contributed by atoms with Crippen molar-refractivity contribution in [2.24, 2.45) is 0 Å². The molecule has 1 heterocycles. The van der Waals surface area contributed by atoms with E-state index in [1.54, 1.807) is 48.5 Å². The number of hydrogen-bond acceptors (Lipinski definition) is 6. The number of carbonyl (C=O) groups is 2. The molecule has 3 aromatic rings. The number of carbonyl (C=O) groups excluding carboxylic acids is 1. The van der Waals surface area contributed by atoms with E-state index in [1.807, 2.05) is 0 Å².